The summed E-state index contributed by atoms with van der Waals surface area (Å²) in [6.07, 6.45) is 1.57. The molecule has 0 atom stereocenters. The number of carboxylic acid groups (broad SMARTS) is 1. The van der Waals surface area contributed by atoms with Gasteiger partial charge in [0.1, 0.15) is 11.1 Å². The van der Waals surface area contributed by atoms with Gasteiger partial charge < -0.3 is 5.11 Å². The van der Waals surface area contributed by atoms with Crippen molar-refractivity contribution in [1.29, 1.82) is 5.26 Å². The first-order chi connectivity index (χ1) is 11.2. The van der Waals surface area contributed by atoms with Crippen molar-refractivity contribution in [2.24, 2.45) is 0 Å². The Hall–Kier alpha value is -2.75. The third kappa shape index (κ3) is 3.21. The van der Waals surface area contributed by atoms with Gasteiger partial charge in [-0.05, 0) is 29.2 Å². The summed E-state index contributed by atoms with van der Waals surface area (Å²) in [7, 11) is 0. The van der Waals surface area contributed by atoms with Gasteiger partial charge >= 0.3 is 5.97 Å². The number of aromatic carboxylic acids is 1. The van der Waals surface area contributed by atoms with E-state index in [1.165, 1.54) is 17.4 Å². The molecule has 0 fully saturated rings. The summed E-state index contributed by atoms with van der Waals surface area (Å²) in [6, 6.07) is 12.6. The molecule has 23 heavy (non-hydrogen) atoms. The van der Waals surface area contributed by atoms with E-state index in [0.717, 1.165) is 10.6 Å². The number of hydrogen-bond acceptors (Lipinski definition) is 5. The van der Waals surface area contributed by atoms with Crippen LogP contribution in [0.15, 0.2) is 47.2 Å². The summed E-state index contributed by atoms with van der Waals surface area (Å²) in [5.74, 6) is -1.02. The number of nitriles is 1. The zero-order chi connectivity index (χ0) is 16.2. The van der Waals surface area contributed by atoms with Crippen LogP contribution in [0.25, 0.3) is 22.2 Å². The van der Waals surface area contributed by atoms with Crippen LogP contribution in [0.2, 0.25) is 0 Å². The lowest BCUT2D eigenvalue weighted by atomic mass is 10.1. The lowest BCUT2D eigenvalue weighted by Gasteiger charge is -2.01. The van der Waals surface area contributed by atoms with E-state index in [1.54, 1.807) is 35.6 Å². The van der Waals surface area contributed by atoms with Gasteiger partial charge in [-0.15, -0.1) is 22.7 Å². The van der Waals surface area contributed by atoms with Gasteiger partial charge in [-0.3, -0.25) is 0 Å². The first-order valence-corrected chi connectivity index (χ1v) is 8.39. The van der Waals surface area contributed by atoms with Gasteiger partial charge in [-0.25, -0.2) is 9.78 Å². The topological polar surface area (TPSA) is 74.0 Å². The third-order valence-corrected chi connectivity index (χ3v) is 4.89. The second-order valence-corrected chi connectivity index (χ2v) is 6.38. The maximum Gasteiger partial charge on any atom is 0.336 e. The quantitative estimate of drug-likeness (QED) is 0.704. The fourth-order valence-electron chi connectivity index (χ4n) is 2.05. The largest absolute Gasteiger partial charge is 0.478 e. The molecule has 1 N–H and O–H groups in total. The highest BCUT2D eigenvalue weighted by Crippen LogP contribution is 2.30. The van der Waals surface area contributed by atoms with Crippen molar-refractivity contribution in [3.63, 3.8) is 0 Å². The van der Waals surface area contributed by atoms with E-state index >= 15 is 0 Å². The van der Waals surface area contributed by atoms with E-state index < -0.39 is 5.97 Å². The number of thiophene rings is 1. The molecule has 0 aliphatic heterocycles. The fourth-order valence-corrected chi connectivity index (χ4v) is 3.60. The number of carboxylic acids is 1. The van der Waals surface area contributed by atoms with Crippen LogP contribution in [-0.4, -0.2) is 16.1 Å². The van der Waals surface area contributed by atoms with Crippen molar-refractivity contribution in [2.45, 2.75) is 0 Å². The number of rotatable bonds is 4. The molecule has 0 saturated heterocycles. The molecule has 0 spiro atoms. The molecule has 0 amide bonds. The Morgan fingerprint density at radius 1 is 1.22 bits per heavy atom. The molecule has 2 heterocycles. The zero-order valence-corrected chi connectivity index (χ0v) is 13.4. The highest BCUT2D eigenvalue weighted by molar-refractivity contribution is 7.14. The lowest BCUT2D eigenvalue weighted by molar-refractivity contribution is 0.0696. The average Bonchev–Trinajstić information content (AvgIpc) is 3.23. The SMILES string of the molecule is N#C/C(=C/c1ccccc1C(=O)O)c1nc(-c2cccs2)cs1. The summed E-state index contributed by atoms with van der Waals surface area (Å²) in [5, 5.41) is 23.1. The van der Waals surface area contributed by atoms with E-state index in [1.807, 2.05) is 22.9 Å². The molecular weight excluding hydrogens is 328 g/mol. The van der Waals surface area contributed by atoms with Gasteiger partial charge in [0.25, 0.3) is 0 Å². The maximum atomic E-state index is 11.3. The molecular formula is C17H10N2O2S2. The van der Waals surface area contributed by atoms with Crippen molar-refractivity contribution in [3.05, 3.63) is 63.3 Å². The van der Waals surface area contributed by atoms with Crippen LogP contribution in [0.1, 0.15) is 20.9 Å². The molecule has 3 aromatic rings. The van der Waals surface area contributed by atoms with Crippen LogP contribution < -0.4 is 0 Å². The molecule has 0 unspecified atom stereocenters. The molecule has 112 valence electrons. The normalized spacial score (nSPS) is 11.2. The number of aromatic nitrogens is 1. The Balaban J connectivity index is 2.01. The van der Waals surface area contributed by atoms with E-state index in [9.17, 15) is 15.2 Å². The number of benzene rings is 1. The highest BCUT2D eigenvalue weighted by atomic mass is 32.1. The van der Waals surface area contributed by atoms with Gasteiger partial charge in [-0.1, -0.05) is 24.3 Å². The number of carbonyl (C=O) groups is 1. The number of allylic oxidation sites excluding steroid dienone is 1. The van der Waals surface area contributed by atoms with Gasteiger partial charge in [0.2, 0.25) is 0 Å². The first-order valence-electron chi connectivity index (χ1n) is 6.63. The van der Waals surface area contributed by atoms with Crippen LogP contribution in [-0.2, 0) is 0 Å². The minimum Gasteiger partial charge on any atom is -0.478 e. The standard InChI is InChI=1S/C17H10N2O2S2/c18-9-12(8-11-4-1-2-5-13(11)17(20)21)16-19-14(10-23-16)15-6-3-7-22-15/h1-8,10H,(H,20,21)/b12-8-. The Labute approximate surface area is 140 Å². The van der Waals surface area contributed by atoms with Crippen LogP contribution >= 0.6 is 22.7 Å². The Bertz CT molecular complexity index is 918. The minimum absolute atomic E-state index is 0.162. The summed E-state index contributed by atoms with van der Waals surface area (Å²) >= 11 is 2.95. The van der Waals surface area contributed by atoms with Gasteiger partial charge in [0.05, 0.1) is 21.7 Å². The highest BCUT2D eigenvalue weighted by Gasteiger charge is 2.12. The first kappa shape index (κ1) is 15.2. The zero-order valence-electron chi connectivity index (χ0n) is 11.8. The molecule has 0 aliphatic carbocycles. The third-order valence-electron chi connectivity index (χ3n) is 3.12. The van der Waals surface area contributed by atoms with Crippen LogP contribution in [0.3, 0.4) is 0 Å². The van der Waals surface area contributed by atoms with Crippen molar-refractivity contribution in [1.82, 2.24) is 4.98 Å². The van der Waals surface area contributed by atoms with Crippen LogP contribution in [0.4, 0.5) is 0 Å². The summed E-state index contributed by atoms with van der Waals surface area (Å²) < 4.78 is 0. The predicted molar refractivity (Wildman–Crippen MR) is 92.3 cm³/mol. The number of nitrogens with zero attached hydrogens (tertiary/aromatic N) is 2. The molecule has 1 aromatic carbocycles. The van der Waals surface area contributed by atoms with Crippen molar-refractivity contribution in [3.8, 4) is 16.6 Å². The van der Waals surface area contributed by atoms with Crippen LogP contribution in [0.5, 0.6) is 0 Å². The molecule has 2 aromatic heterocycles. The van der Waals surface area contributed by atoms with E-state index in [4.69, 9.17) is 0 Å². The smallest absolute Gasteiger partial charge is 0.336 e. The number of thiazole rings is 1. The predicted octanol–water partition coefficient (Wildman–Crippen LogP) is 4.63. The van der Waals surface area contributed by atoms with Crippen molar-refractivity contribution in [2.75, 3.05) is 0 Å². The lowest BCUT2D eigenvalue weighted by Crippen LogP contribution is -1.99. The fraction of sp³-hybridized carbons (Fsp3) is 0. The van der Waals surface area contributed by atoms with Crippen molar-refractivity contribution < 1.29 is 9.90 Å². The monoisotopic (exact) mass is 338 g/mol. The number of hydrogen-bond donors (Lipinski definition) is 1. The Morgan fingerprint density at radius 3 is 2.74 bits per heavy atom. The van der Waals surface area contributed by atoms with Crippen molar-refractivity contribution >= 4 is 40.3 Å². The van der Waals surface area contributed by atoms with Crippen LogP contribution in [0, 0.1) is 11.3 Å². The Kier molecular flexibility index (Phi) is 4.33. The maximum absolute atomic E-state index is 11.3. The molecule has 4 nitrogen and oxygen atoms in total. The molecule has 0 aliphatic rings. The molecule has 0 bridgehead atoms. The second kappa shape index (κ2) is 6.57. The molecule has 6 heteroatoms. The van der Waals surface area contributed by atoms with Gasteiger partial charge in [0, 0.05) is 5.38 Å². The Morgan fingerprint density at radius 2 is 2.04 bits per heavy atom. The second-order valence-electron chi connectivity index (χ2n) is 4.58. The molecule has 0 saturated carbocycles. The summed E-state index contributed by atoms with van der Waals surface area (Å²) in [6.45, 7) is 0. The summed E-state index contributed by atoms with van der Waals surface area (Å²) in [4.78, 5) is 16.8. The molecule has 3 rings (SSSR count). The van der Waals surface area contributed by atoms with Gasteiger partial charge in [-0.2, -0.15) is 5.26 Å². The molecule has 0 radical (unpaired) electrons. The van der Waals surface area contributed by atoms with E-state index in [-0.39, 0.29) is 5.56 Å². The van der Waals surface area contributed by atoms with Gasteiger partial charge in [0.15, 0.2) is 0 Å². The minimum atomic E-state index is -1.02. The van der Waals surface area contributed by atoms with E-state index in [0.29, 0.717) is 16.1 Å². The van der Waals surface area contributed by atoms with E-state index in [2.05, 4.69) is 11.1 Å². The summed E-state index contributed by atoms with van der Waals surface area (Å²) in [5.41, 5.74) is 1.83. The average molecular weight is 338 g/mol.